The van der Waals surface area contributed by atoms with E-state index in [2.05, 4.69) is 5.32 Å². The van der Waals surface area contributed by atoms with Crippen LogP contribution in [0.3, 0.4) is 0 Å². The second-order valence-electron chi connectivity index (χ2n) is 5.90. The molecular weight excluding hydrogens is 435 g/mol. The molecule has 148 valence electrons. The summed E-state index contributed by atoms with van der Waals surface area (Å²) >= 11 is 11.8. The average Bonchev–Trinajstić information content (AvgIpc) is 2.68. The number of amides is 2. The van der Waals surface area contributed by atoms with Gasteiger partial charge in [-0.1, -0.05) is 41.4 Å². The molecule has 9 heteroatoms. The van der Waals surface area contributed by atoms with E-state index >= 15 is 0 Å². The number of benzene rings is 3. The molecule has 3 aromatic rings. The Morgan fingerprint density at radius 2 is 1.45 bits per heavy atom. The van der Waals surface area contributed by atoms with Crippen molar-refractivity contribution >= 4 is 50.7 Å². The maximum atomic E-state index is 12.4. The van der Waals surface area contributed by atoms with Gasteiger partial charge in [0, 0.05) is 16.3 Å². The number of hydrogen-bond acceptors (Lipinski definition) is 4. The quantitative estimate of drug-likeness (QED) is 0.605. The van der Waals surface area contributed by atoms with E-state index in [9.17, 15) is 18.0 Å². The van der Waals surface area contributed by atoms with Crippen LogP contribution in [0.2, 0.25) is 10.0 Å². The summed E-state index contributed by atoms with van der Waals surface area (Å²) in [5, 5.41) is 3.21. The van der Waals surface area contributed by atoms with Crippen molar-refractivity contribution in [1.29, 1.82) is 0 Å². The zero-order chi connectivity index (χ0) is 21.0. The number of hydrogen-bond donors (Lipinski definition) is 2. The third-order valence-corrected chi connectivity index (χ3v) is 5.76. The highest BCUT2D eigenvalue weighted by Gasteiger charge is 2.19. The van der Waals surface area contributed by atoms with E-state index in [0.717, 1.165) is 0 Å². The molecule has 29 heavy (non-hydrogen) atoms. The molecule has 0 aliphatic carbocycles. The third-order valence-electron chi connectivity index (χ3n) is 3.86. The standard InChI is InChI=1S/C20H14Cl2N2O4S/c21-14-6-11-17(18(22)12-14)20(26)23-15-7-9-16(10-8-15)29(27,28)24-19(25)13-4-2-1-3-5-13/h1-12H,(H,23,26)(H,24,25). The first-order valence-corrected chi connectivity index (χ1v) is 10.5. The molecule has 0 atom stereocenters. The smallest absolute Gasteiger partial charge is 0.264 e. The SMILES string of the molecule is O=C(NS(=O)(=O)c1ccc(NC(=O)c2ccc(Cl)cc2Cl)cc1)c1ccccc1. The number of sulfonamides is 1. The van der Waals surface area contributed by atoms with E-state index in [4.69, 9.17) is 23.2 Å². The summed E-state index contributed by atoms with van der Waals surface area (Å²) in [7, 11) is -4.06. The number of carbonyl (C=O) groups is 2. The van der Waals surface area contributed by atoms with Gasteiger partial charge in [0.1, 0.15) is 0 Å². The minimum Gasteiger partial charge on any atom is -0.322 e. The minimum absolute atomic E-state index is 0.121. The van der Waals surface area contributed by atoms with E-state index < -0.39 is 21.8 Å². The lowest BCUT2D eigenvalue weighted by Crippen LogP contribution is -2.30. The summed E-state index contributed by atoms with van der Waals surface area (Å²) in [6.45, 7) is 0. The molecule has 0 bridgehead atoms. The molecular formula is C20H14Cl2N2O4S. The van der Waals surface area contributed by atoms with Gasteiger partial charge >= 0.3 is 0 Å². The van der Waals surface area contributed by atoms with Crippen LogP contribution in [0.1, 0.15) is 20.7 Å². The van der Waals surface area contributed by atoms with E-state index in [1.165, 1.54) is 54.6 Å². The van der Waals surface area contributed by atoms with Gasteiger partial charge in [-0.2, -0.15) is 0 Å². The topological polar surface area (TPSA) is 92.3 Å². The van der Waals surface area contributed by atoms with Crippen LogP contribution in [-0.2, 0) is 10.0 Å². The largest absolute Gasteiger partial charge is 0.322 e. The molecule has 6 nitrogen and oxygen atoms in total. The third kappa shape index (κ3) is 5.14. The van der Waals surface area contributed by atoms with Crippen molar-refractivity contribution in [2.24, 2.45) is 0 Å². The second-order valence-corrected chi connectivity index (χ2v) is 8.43. The van der Waals surface area contributed by atoms with Gasteiger partial charge < -0.3 is 5.32 Å². The summed E-state index contributed by atoms with van der Waals surface area (Å²) in [4.78, 5) is 24.3. The Kier molecular flexibility index (Phi) is 6.22. The Morgan fingerprint density at radius 3 is 2.07 bits per heavy atom. The molecule has 0 unspecified atom stereocenters. The van der Waals surface area contributed by atoms with Crippen LogP contribution in [-0.4, -0.2) is 20.2 Å². The highest BCUT2D eigenvalue weighted by molar-refractivity contribution is 7.90. The Labute approximate surface area is 177 Å². The first-order valence-electron chi connectivity index (χ1n) is 8.25. The Morgan fingerprint density at radius 1 is 0.793 bits per heavy atom. The Balaban J connectivity index is 1.72. The number of halogens is 2. The number of rotatable bonds is 5. The Hall–Kier alpha value is -2.87. The molecule has 0 aliphatic heterocycles. The van der Waals surface area contributed by atoms with Crippen LogP contribution in [0.5, 0.6) is 0 Å². The van der Waals surface area contributed by atoms with Gasteiger partial charge in [-0.25, -0.2) is 13.1 Å². The van der Waals surface area contributed by atoms with Crippen LogP contribution in [0, 0.1) is 0 Å². The van der Waals surface area contributed by atoms with Gasteiger partial charge in [0.2, 0.25) is 0 Å². The lowest BCUT2D eigenvalue weighted by molar-refractivity contribution is 0.0979. The van der Waals surface area contributed by atoms with Crippen molar-refractivity contribution in [3.05, 3.63) is 94.0 Å². The molecule has 0 saturated heterocycles. The lowest BCUT2D eigenvalue weighted by Gasteiger charge is -2.09. The fraction of sp³-hybridized carbons (Fsp3) is 0. The van der Waals surface area contributed by atoms with Crippen LogP contribution in [0.25, 0.3) is 0 Å². The molecule has 3 rings (SSSR count). The minimum atomic E-state index is -4.06. The number of anilines is 1. The Bertz CT molecular complexity index is 1160. The fourth-order valence-corrected chi connectivity index (χ4v) is 3.89. The maximum Gasteiger partial charge on any atom is 0.264 e. The zero-order valence-electron chi connectivity index (χ0n) is 14.7. The summed E-state index contributed by atoms with van der Waals surface area (Å²) in [6, 6.07) is 17.8. The van der Waals surface area contributed by atoms with Crippen molar-refractivity contribution in [2.45, 2.75) is 4.90 Å². The van der Waals surface area contributed by atoms with Crippen LogP contribution in [0.4, 0.5) is 5.69 Å². The summed E-state index contributed by atoms with van der Waals surface area (Å²) < 4.78 is 26.8. The predicted molar refractivity (Wildman–Crippen MR) is 112 cm³/mol. The van der Waals surface area contributed by atoms with Crippen molar-refractivity contribution in [3.8, 4) is 0 Å². The molecule has 3 aromatic carbocycles. The van der Waals surface area contributed by atoms with Gasteiger partial charge in [0.15, 0.2) is 0 Å². The van der Waals surface area contributed by atoms with Crippen LogP contribution < -0.4 is 10.0 Å². The summed E-state index contributed by atoms with van der Waals surface area (Å²) in [5.74, 6) is -1.21. The number of nitrogens with one attached hydrogen (secondary N) is 2. The van der Waals surface area contributed by atoms with Gasteiger partial charge in [-0.05, 0) is 54.6 Å². The number of carbonyl (C=O) groups excluding carboxylic acids is 2. The monoisotopic (exact) mass is 448 g/mol. The molecule has 2 N–H and O–H groups in total. The van der Waals surface area contributed by atoms with Gasteiger partial charge in [0.25, 0.3) is 21.8 Å². The molecule has 0 fully saturated rings. The zero-order valence-corrected chi connectivity index (χ0v) is 17.1. The molecule has 0 aliphatic rings. The van der Waals surface area contributed by atoms with Gasteiger partial charge in [-0.3, -0.25) is 9.59 Å². The van der Waals surface area contributed by atoms with Crippen molar-refractivity contribution in [3.63, 3.8) is 0 Å². The van der Waals surface area contributed by atoms with E-state index in [1.807, 2.05) is 4.72 Å². The van der Waals surface area contributed by atoms with Crippen LogP contribution in [0.15, 0.2) is 77.7 Å². The highest BCUT2D eigenvalue weighted by Crippen LogP contribution is 2.22. The first kappa shape index (κ1) is 20.9. The van der Waals surface area contributed by atoms with Gasteiger partial charge in [-0.15, -0.1) is 0 Å². The predicted octanol–water partition coefficient (Wildman–Crippen LogP) is 4.36. The average molecular weight is 449 g/mol. The lowest BCUT2D eigenvalue weighted by atomic mass is 10.2. The summed E-state index contributed by atoms with van der Waals surface area (Å²) in [5.41, 5.74) is 0.803. The molecule has 0 aromatic heterocycles. The molecule has 0 heterocycles. The van der Waals surface area contributed by atoms with Crippen molar-refractivity contribution in [1.82, 2.24) is 4.72 Å². The molecule has 0 spiro atoms. The maximum absolute atomic E-state index is 12.4. The highest BCUT2D eigenvalue weighted by atomic mass is 35.5. The summed E-state index contributed by atoms with van der Waals surface area (Å²) in [6.07, 6.45) is 0. The first-order chi connectivity index (χ1) is 13.8. The normalized spacial score (nSPS) is 11.0. The molecule has 0 saturated carbocycles. The van der Waals surface area contributed by atoms with E-state index in [1.54, 1.807) is 18.2 Å². The van der Waals surface area contributed by atoms with E-state index in [0.29, 0.717) is 10.7 Å². The fourth-order valence-electron chi connectivity index (χ4n) is 2.42. The van der Waals surface area contributed by atoms with Crippen molar-refractivity contribution in [2.75, 3.05) is 5.32 Å². The second kappa shape index (κ2) is 8.65. The van der Waals surface area contributed by atoms with Crippen molar-refractivity contribution < 1.29 is 18.0 Å². The molecule has 0 radical (unpaired) electrons. The van der Waals surface area contributed by atoms with Crippen LogP contribution >= 0.6 is 23.2 Å². The van der Waals surface area contributed by atoms with Gasteiger partial charge in [0.05, 0.1) is 15.5 Å². The van der Waals surface area contributed by atoms with E-state index in [-0.39, 0.29) is 21.0 Å². The molecule has 2 amide bonds.